The maximum atomic E-state index is 13.4. The highest BCUT2D eigenvalue weighted by molar-refractivity contribution is 7.99. The molecule has 1 amide bonds. The van der Waals surface area contributed by atoms with Crippen molar-refractivity contribution in [2.45, 2.75) is 37.1 Å². The summed E-state index contributed by atoms with van der Waals surface area (Å²) < 4.78 is 26.2. The zero-order valence-electron chi connectivity index (χ0n) is 11.7. The number of nitrogens with one attached hydrogen (secondary N) is 1. The van der Waals surface area contributed by atoms with E-state index in [2.05, 4.69) is 5.32 Å². The van der Waals surface area contributed by atoms with Gasteiger partial charge in [-0.3, -0.25) is 4.79 Å². The van der Waals surface area contributed by atoms with Gasteiger partial charge >= 0.3 is 0 Å². The molecule has 0 radical (unpaired) electrons. The molecule has 0 saturated heterocycles. The maximum absolute atomic E-state index is 13.4. The number of thioether (sulfide) groups is 1. The summed E-state index contributed by atoms with van der Waals surface area (Å²) in [7, 11) is 0. The van der Waals surface area contributed by atoms with E-state index in [-0.39, 0.29) is 0 Å². The Bertz CT molecular complexity index is 470. The number of nitrogens with two attached hydrogens (primary N) is 1. The fourth-order valence-corrected chi connectivity index (χ4v) is 2.76. The highest BCUT2D eigenvalue weighted by Crippen LogP contribution is 2.24. The minimum Gasteiger partial charge on any atom is -0.368 e. The van der Waals surface area contributed by atoms with Crippen LogP contribution in [0.15, 0.2) is 23.1 Å². The van der Waals surface area contributed by atoms with E-state index < -0.39 is 23.1 Å². The Labute approximate surface area is 122 Å². The average Bonchev–Trinajstić information content (AvgIpc) is 2.37. The van der Waals surface area contributed by atoms with Crippen molar-refractivity contribution < 1.29 is 13.6 Å². The van der Waals surface area contributed by atoms with Gasteiger partial charge in [-0.2, -0.15) is 0 Å². The number of benzene rings is 1. The summed E-state index contributed by atoms with van der Waals surface area (Å²) in [5.74, 6) is -0.895. The second-order valence-corrected chi connectivity index (χ2v) is 5.89. The third-order valence-electron chi connectivity index (χ3n) is 3.08. The van der Waals surface area contributed by atoms with Crippen LogP contribution in [0.4, 0.5) is 8.78 Å². The van der Waals surface area contributed by atoms with Crippen molar-refractivity contribution in [2.24, 2.45) is 5.73 Å². The highest BCUT2D eigenvalue weighted by atomic mass is 32.2. The monoisotopic (exact) mass is 302 g/mol. The van der Waals surface area contributed by atoms with Crippen molar-refractivity contribution in [3.63, 3.8) is 0 Å². The number of hydrogen-bond donors (Lipinski definition) is 2. The number of hydrogen-bond acceptors (Lipinski definition) is 3. The molecular weight excluding hydrogens is 282 g/mol. The largest absolute Gasteiger partial charge is 0.368 e. The van der Waals surface area contributed by atoms with Crippen LogP contribution < -0.4 is 11.1 Å². The molecule has 0 aliphatic rings. The smallest absolute Gasteiger partial charge is 0.237 e. The van der Waals surface area contributed by atoms with Gasteiger partial charge in [-0.1, -0.05) is 6.92 Å². The topological polar surface area (TPSA) is 55.1 Å². The molecule has 3 nitrogen and oxygen atoms in total. The van der Waals surface area contributed by atoms with Crippen LogP contribution in [0.25, 0.3) is 0 Å². The number of rotatable bonds is 8. The second kappa shape index (κ2) is 7.59. The van der Waals surface area contributed by atoms with Crippen LogP contribution in [0.2, 0.25) is 0 Å². The lowest BCUT2D eigenvalue weighted by atomic mass is 9.95. The van der Waals surface area contributed by atoms with E-state index in [0.717, 1.165) is 6.07 Å². The summed E-state index contributed by atoms with van der Waals surface area (Å²) in [6, 6.07) is 3.53. The average molecular weight is 302 g/mol. The summed E-state index contributed by atoms with van der Waals surface area (Å²) in [5, 5.41) is 3.07. The number of primary amides is 1. The minimum absolute atomic E-state index is 0.391. The lowest BCUT2D eigenvalue weighted by molar-refractivity contribution is -0.124. The van der Waals surface area contributed by atoms with E-state index in [1.807, 2.05) is 6.92 Å². The van der Waals surface area contributed by atoms with Gasteiger partial charge in [-0.25, -0.2) is 8.78 Å². The first-order chi connectivity index (χ1) is 9.39. The molecule has 1 aromatic carbocycles. The molecule has 0 fully saturated rings. The number of carbonyl (C=O) groups excluding carboxylic acids is 1. The third-order valence-corrected chi connectivity index (χ3v) is 4.22. The van der Waals surface area contributed by atoms with E-state index in [9.17, 15) is 13.6 Å². The van der Waals surface area contributed by atoms with Crippen molar-refractivity contribution in [1.82, 2.24) is 5.32 Å². The molecule has 0 aliphatic carbocycles. The van der Waals surface area contributed by atoms with Gasteiger partial charge in [0.05, 0.1) is 5.54 Å². The van der Waals surface area contributed by atoms with E-state index in [4.69, 9.17) is 5.73 Å². The maximum Gasteiger partial charge on any atom is 0.237 e. The van der Waals surface area contributed by atoms with E-state index >= 15 is 0 Å². The van der Waals surface area contributed by atoms with Crippen LogP contribution >= 0.6 is 11.8 Å². The Morgan fingerprint density at radius 1 is 1.45 bits per heavy atom. The Morgan fingerprint density at radius 3 is 2.70 bits per heavy atom. The molecule has 1 rings (SSSR count). The molecule has 0 heterocycles. The first kappa shape index (κ1) is 16.9. The summed E-state index contributed by atoms with van der Waals surface area (Å²) >= 11 is 1.30. The van der Waals surface area contributed by atoms with Crippen LogP contribution in [0, 0.1) is 11.6 Å². The normalized spacial score (nSPS) is 14.0. The zero-order valence-corrected chi connectivity index (χ0v) is 12.5. The summed E-state index contributed by atoms with van der Waals surface area (Å²) in [6.45, 7) is 4.32. The van der Waals surface area contributed by atoms with Crippen molar-refractivity contribution >= 4 is 17.7 Å². The summed E-state index contributed by atoms with van der Waals surface area (Å²) in [5.41, 5.74) is 4.64. The molecule has 1 atom stereocenters. The molecule has 20 heavy (non-hydrogen) atoms. The number of halogens is 2. The second-order valence-electron chi connectivity index (χ2n) is 4.75. The predicted molar refractivity (Wildman–Crippen MR) is 77.6 cm³/mol. The highest BCUT2D eigenvalue weighted by Gasteiger charge is 2.28. The van der Waals surface area contributed by atoms with Gasteiger partial charge in [0.25, 0.3) is 0 Å². The predicted octanol–water partition coefficient (Wildman–Crippen LogP) is 2.69. The Hall–Kier alpha value is -1.14. The van der Waals surface area contributed by atoms with Crippen LogP contribution in [-0.2, 0) is 4.79 Å². The summed E-state index contributed by atoms with van der Waals surface area (Å²) in [6.07, 6.45) is 1.28. The Balaban J connectivity index is 2.46. The first-order valence-corrected chi connectivity index (χ1v) is 7.50. The molecule has 0 bridgehead atoms. The Kier molecular flexibility index (Phi) is 6.42. The molecule has 0 saturated carbocycles. The zero-order chi connectivity index (χ0) is 15.2. The molecule has 0 aliphatic heterocycles. The van der Waals surface area contributed by atoms with Crippen molar-refractivity contribution in [3.8, 4) is 0 Å². The van der Waals surface area contributed by atoms with Gasteiger partial charge in [0.15, 0.2) is 0 Å². The van der Waals surface area contributed by atoms with Crippen molar-refractivity contribution in [1.29, 1.82) is 0 Å². The molecule has 3 N–H and O–H groups in total. The quantitative estimate of drug-likeness (QED) is 0.573. The fraction of sp³-hybridized carbons (Fsp3) is 0.500. The van der Waals surface area contributed by atoms with E-state index in [0.29, 0.717) is 30.0 Å². The van der Waals surface area contributed by atoms with Crippen LogP contribution in [0.1, 0.15) is 26.7 Å². The van der Waals surface area contributed by atoms with Gasteiger partial charge in [0, 0.05) is 11.0 Å². The molecule has 1 aromatic rings. The molecule has 0 spiro atoms. The van der Waals surface area contributed by atoms with E-state index in [1.54, 1.807) is 6.92 Å². The van der Waals surface area contributed by atoms with Gasteiger partial charge in [-0.05, 0) is 44.2 Å². The molecule has 1 unspecified atom stereocenters. The van der Waals surface area contributed by atoms with Crippen molar-refractivity contribution in [3.05, 3.63) is 29.8 Å². The minimum atomic E-state index is -0.739. The van der Waals surface area contributed by atoms with Crippen LogP contribution in [0.5, 0.6) is 0 Å². The van der Waals surface area contributed by atoms with Gasteiger partial charge < -0.3 is 11.1 Å². The first-order valence-electron chi connectivity index (χ1n) is 6.52. The van der Waals surface area contributed by atoms with E-state index in [1.165, 1.54) is 23.9 Å². The Morgan fingerprint density at radius 2 is 2.15 bits per heavy atom. The number of carbonyl (C=O) groups is 1. The number of amides is 1. The molecule has 112 valence electrons. The van der Waals surface area contributed by atoms with Crippen LogP contribution in [0.3, 0.4) is 0 Å². The van der Waals surface area contributed by atoms with Gasteiger partial charge in [0.1, 0.15) is 11.6 Å². The third kappa shape index (κ3) is 4.76. The molecule has 6 heteroatoms. The lowest BCUT2D eigenvalue weighted by Crippen LogP contribution is -2.53. The van der Waals surface area contributed by atoms with Crippen LogP contribution in [-0.4, -0.2) is 23.7 Å². The van der Waals surface area contributed by atoms with Crippen molar-refractivity contribution in [2.75, 3.05) is 12.3 Å². The molecule has 0 aromatic heterocycles. The number of likely N-dealkylation sites (N-methyl/N-ethyl adjacent to an activating group) is 1. The SMILES string of the molecule is CCNC(C)(CCCSc1ccc(F)cc1F)C(N)=O. The van der Waals surface area contributed by atoms with Gasteiger partial charge in [-0.15, -0.1) is 11.8 Å². The van der Waals surface area contributed by atoms with Gasteiger partial charge in [0.2, 0.25) is 5.91 Å². The fourth-order valence-electron chi connectivity index (χ4n) is 1.89. The lowest BCUT2D eigenvalue weighted by Gasteiger charge is -2.26. The molecular formula is C14H20F2N2OS. The summed E-state index contributed by atoms with van der Waals surface area (Å²) in [4.78, 5) is 11.8. The standard InChI is InChI=1S/C14H20F2N2OS/c1-3-18-14(2,13(17)19)7-4-8-20-12-6-5-10(15)9-11(12)16/h5-6,9,18H,3-4,7-8H2,1-2H3,(H2,17,19).